The Labute approximate surface area is 154 Å². The molecule has 146 valence electrons. The summed E-state index contributed by atoms with van der Waals surface area (Å²) in [6.45, 7) is 12.0. The highest BCUT2D eigenvalue weighted by molar-refractivity contribution is 4.69. The summed E-state index contributed by atoms with van der Waals surface area (Å²) in [6, 6.07) is 0. The molecule has 0 fully saturated rings. The molecule has 0 N–H and O–H groups in total. The second-order valence-electron chi connectivity index (χ2n) is 8.01. The van der Waals surface area contributed by atoms with E-state index in [0.29, 0.717) is 0 Å². The van der Waals surface area contributed by atoms with Crippen molar-refractivity contribution in [3.8, 4) is 0 Å². The van der Waals surface area contributed by atoms with Crippen molar-refractivity contribution < 1.29 is 0 Å². The zero-order valence-corrected chi connectivity index (χ0v) is 17.8. The van der Waals surface area contributed by atoms with Crippen LogP contribution >= 0.6 is 0 Å². The second-order valence-corrected chi connectivity index (χ2v) is 8.01. The van der Waals surface area contributed by atoms with Gasteiger partial charge in [0, 0.05) is 13.1 Å². The summed E-state index contributed by atoms with van der Waals surface area (Å²) in [5, 5.41) is 0. The van der Waals surface area contributed by atoms with Crippen molar-refractivity contribution >= 4 is 0 Å². The normalized spacial score (nSPS) is 12.0. The molecule has 2 heteroatoms. The van der Waals surface area contributed by atoms with E-state index >= 15 is 0 Å². The van der Waals surface area contributed by atoms with E-state index in [9.17, 15) is 0 Å². The highest BCUT2D eigenvalue weighted by atomic mass is 15.1. The van der Waals surface area contributed by atoms with Crippen LogP contribution in [0.1, 0.15) is 97.8 Å². The van der Waals surface area contributed by atoms with Gasteiger partial charge in [-0.3, -0.25) is 0 Å². The van der Waals surface area contributed by atoms with Gasteiger partial charge < -0.3 is 9.80 Å². The van der Waals surface area contributed by atoms with E-state index in [1.807, 2.05) is 0 Å². The predicted octanol–water partition coefficient (Wildman–Crippen LogP) is 6.21. The molecule has 0 saturated carbocycles. The van der Waals surface area contributed by atoms with E-state index in [1.165, 1.54) is 103 Å². The molecule has 0 aliphatic carbocycles. The van der Waals surface area contributed by atoms with Crippen LogP contribution in [0.15, 0.2) is 0 Å². The third-order valence-corrected chi connectivity index (χ3v) is 5.14. The van der Waals surface area contributed by atoms with Crippen molar-refractivity contribution in [1.29, 1.82) is 0 Å². The first-order valence-electron chi connectivity index (χ1n) is 11.0. The highest BCUT2D eigenvalue weighted by Crippen LogP contribution is 2.15. The maximum absolute atomic E-state index is 2.59. The second kappa shape index (κ2) is 17.7. The highest BCUT2D eigenvalue weighted by Gasteiger charge is 2.14. The molecule has 0 rings (SSSR count). The Balaban J connectivity index is 4.15. The molecular formula is C22H48N2. The van der Waals surface area contributed by atoms with Crippen molar-refractivity contribution in [2.24, 2.45) is 5.92 Å². The topological polar surface area (TPSA) is 6.48 Å². The average Bonchev–Trinajstić information content (AvgIpc) is 2.55. The first kappa shape index (κ1) is 23.9. The SMILES string of the molecule is CCCCCCCC(CN(C)CCCCC)CN(C)CCCCC. The summed E-state index contributed by atoms with van der Waals surface area (Å²) in [5.41, 5.74) is 0. The van der Waals surface area contributed by atoms with E-state index in [2.05, 4.69) is 44.7 Å². The fourth-order valence-electron chi connectivity index (χ4n) is 3.60. The molecule has 0 aliphatic heterocycles. The van der Waals surface area contributed by atoms with Crippen LogP contribution in [0.4, 0.5) is 0 Å². The van der Waals surface area contributed by atoms with E-state index in [1.54, 1.807) is 0 Å². The quantitative estimate of drug-likeness (QED) is 0.274. The summed E-state index contributed by atoms with van der Waals surface area (Å²) in [6.07, 6.45) is 16.6. The smallest absolute Gasteiger partial charge is 0.00188 e. The van der Waals surface area contributed by atoms with Crippen LogP contribution in [0.25, 0.3) is 0 Å². The Morgan fingerprint density at radius 1 is 0.542 bits per heavy atom. The predicted molar refractivity (Wildman–Crippen MR) is 111 cm³/mol. The van der Waals surface area contributed by atoms with Crippen LogP contribution in [0, 0.1) is 5.92 Å². The van der Waals surface area contributed by atoms with Gasteiger partial charge in [-0.25, -0.2) is 0 Å². The van der Waals surface area contributed by atoms with Crippen LogP contribution in [0.2, 0.25) is 0 Å². The molecule has 0 unspecified atom stereocenters. The first-order valence-corrected chi connectivity index (χ1v) is 11.0. The third-order valence-electron chi connectivity index (χ3n) is 5.14. The van der Waals surface area contributed by atoms with Gasteiger partial charge in [-0.05, 0) is 52.4 Å². The Kier molecular flexibility index (Phi) is 17.7. The zero-order valence-electron chi connectivity index (χ0n) is 17.8. The van der Waals surface area contributed by atoms with Crippen LogP contribution in [-0.4, -0.2) is 50.1 Å². The summed E-state index contributed by atoms with van der Waals surface area (Å²) in [4.78, 5) is 5.18. The Morgan fingerprint density at radius 2 is 0.958 bits per heavy atom. The summed E-state index contributed by atoms with van der Waals surface area (Å²) < 4.78 is 0. The van der Waals surface area contributed by atoms with Gasteiger partial charge in [0.2, 0.25) is 0 Å². The minimum Gasteiger partial charge on any atom is -0.306 e. The Hall–Kier alpha value is -0.0800. The van der Waals surface area contributed by atoms with Gasteiger partial charge in [0.15, 0.2) is 0 Å². The lowest BCUT2D eigenvalue weighted by Gasteiger charge is -2.28. The molecule has 0 atom stereocenters. The van der Waals surface area contributed by atoms with E-state index in [4.69, 9.17) is 0 Å². The number of nitrogens with zero attached hydrogens (tertiary/aromatic N) is 2. The van der Waals surface area contributed by atoms with Crippen molar-refractivity contribution in [3.63, 3.8) is 0 Å². The molecule has 24 heavy (non-hydrogen) atoms. The van der Waals surface area contributed by atoms with Crippen LogP contribution in [-0.2, 0) is 0 Å². The Morgan fingerprint density at radius 3 is 1.42 bits per heavy atom. The number of unbranched alkanes of at least 4 members (excludes halogenated alkanes) is 8. The molecule has 2 nitrogen and oxygen atoms in total. The Bertz CT molecular complexity index is 224. The van der Waals surface area contributed by atoms with Crippen molar-refractivity contribution in [2.45, 2.75) is 97.8 Å². The minimum atomic E-state index is 0.852. The molecule has 0 aromatic rings. The molecule has 0 amide bonds. The zero-order chi connectivity index (χ0) is 18.0. The van der Waals surface area contributed by atoms with Gasteiger partial charge >= 0.3 is 0 Å². The number of hydrogen-bond donors (Lipinski definition) is 0. The first-order chi connectivity index (χ1) is 11.6. The lowest BCUT2D eigenvalue weighted by atomic mass is 9.99. The van der Waals surface area contributed by atoms with Gasteiger partial charge in [-0.15, -0.1) is 0 Å². The van der Waals surface area contributed by atoms with Gasteiger partial charge in [0.1, 0.15) is 0 Å². The molecule has 0 spiro atoms. The van der Waals surface area contributed by atoms with Crippen LogP contribution in [0.3, 0.4) is 0 Å². The van der Waals surface area contributed by atoms with Crippen LogP contribution in [0.5, 0.6) is 0 Å². The molecule has 0 bridgehead atoms. The standard InChI is InChI=1S/C22H48N2/c1-6-9-12-13-14-17-22(20-23(4)18-15-10-7-2)21-24(5)19-16-11-8-3/h22H,6-21H2,1-5H3. The van der Waals surface area contributed by atoms with Crippen molar-refractivity contribution in [1.82, 2.24) is 9.80 Å². The summed E-state index contributed by atoms with van der Waals surface area (Å²) in [5.74, 6) is 0.852. The fourth-order valence-corrected chi connectivity index (χ4v) is 3.60. The lowest BCUT2D eigenvalue weighted by Crippen LogP contribution is -2.34. The lowest BCUT2D eigenvalue weighted by molar-refractivity contribution is 0.200. The van der Waals surface area contributed by atoms with Crippen molar-refractivity contribution in [3.05, 3.63) is 0 Å². The average molecular weight is 341 g/mol. The van der Waals surface area contributed by atoms with E-state index in [-0.39, 0.29) is 0 Å². The third kappa shape index (κ3) is 15.4. The van der Waals surface area contributed by atoms with E-state index in [0.717, 1.165) is 5.92 Å². The fraction of sp³-hybridized carbons (Fsp3) is 1.00. The largest absolute Gasteiger partial charge is 0.306 e. The molecule has 0 radical (unpaired) electrons. The van der Waals surface area contributed by atoms with Crippen LogP contribution < -0.4 is 0 Å². The monoisotopic (exact) mass is 340 g/mol. The molecule has 0 aromatic heterocycles. The molecule has 0 aromatic carbocycles. The summed E-state index contributed by atoms with van der Waals surface area (Å²) >= 11 is 0. The number of hydrogen-bond acceptors (Lipinski definition) is 2. The van der Waals surface area contributed by atoms with Gasteiger partial charge in [-0.1, -0.05) is 78.6 Å². The molecular weight excluding hydrogens is 292 g/mol. The van der Waals surface area contributed by atoms with Crippen molar-refractivity contribution in [2.75, 3.05) is 40.3 Å². The van der Waals surface area contributed by atoms with Gasteiger partial charge in [0.25, 0.3) is 0 Å². The van der Waals surface area contributed by atoms with E-state index < -0.39 is 0 Å². The maximum Gasteiger partial charge on any atom is 0.00188 e. The minimum absolute atomic E-state index is 0.852. The summed E-state index contributed by atoms with van der Waals surface area (Å²) in [7, 11) is 4.66. The molecule has 0 aliphatic rings. The van der Waals surface area contributed by atoms with Gasteiger partial charge in [0.05, 0.1) is 0 Å². The molecule has 0 saturated heterocycles. The maximum atomic E-state index is 2.59. The van der Waals surface area contributed by atoms with Gasteiger partial charge in [-0.2, -0.15) is 0 Å². The number of rotatable bonds is 18. The molecule has 0 heterocycles.